The van der Waals surface area contributed by atoms with Crippen molar-refractivity contribution in [1.29, 1.82) is 0 Å². The molecule has 11 aromatic rings. The van der Waals surface area contributed by atoms with Crippen molar-refractivity contribution in [3.8, 4) is 32.8 Å². The van der Waals surface area contributed by atoms with E-state index in [1.165, 1.54) is 50.7 Å². The minimum atomic E-state index is 0.790. The van der Waals surface area contributed by atoms with E-state index in [-0.39, 0.29) is 0 Å². The summed E-state index contributed by atoms with van der Waals surface area (Å²) >= 11 is 5.33. The van der Waals surface area contributed by atoms with E-state index in [0.717, 1.165) is 88.5 Å². The SMILES string of the molecule is c1ccc2cc(-c3ccc(N(c4cccc5nsnc45)c4ccc(-c5ccc(-c6nc7ccccc7s6)cc5)c5nsnc45)c4nsnc34)ccc2c1. The Morgan fingerprint density at radius 3 is 1.75 bits per heavy atom. The maximum absolute atomic E-state index is 4.91. The predicted molar refractivity (Wildman–Crippen MR) is 221 cm³/mol. The van der Waals surface area contributed by atoms with E-state index < -0.39 is 0 Å². The second kappa shape index (κ2) is 12.3. The highest BCUT2D eigenvalue weighted by Gasteiger charge is 2.26. The molecule has 0 aliphatic heterocycles. The maximum atomic E-state index is 4.91. The zero-order chi connectivity index (χ0) is 34.9. The average Bonchev–Trinajstić information content (AvgIpc) is 4.05. The van der Waals surface area contributed by atoms with Crippen LogP contribution in [0.15, 0.2) is 133 Å². The smallest absolute Gasteiger partial charge is 0.129 e. The van der Waals surface area contributed by atoms with Gasteiger partial charge in [-0.25, -0.2) is 4.98 Å². The van der Waals surface area contributed by atoms with Crippen LogP contribution < -0.4 is 4.90 Å². The van der Waals surface area contributed by atoms with Crippen molar-refractivity contribution in [2.24, 2.45) is 0 Å². The standard InChI is InChI=1S/C41H22N8S4/c1-2-7-26-22-27(17-12-23(26)6-1)29-19-21-34(40-37(29)45-53-48-40)49(32-10-5-9-31-38(32)46-51-43-31)33-20-18-28(36-39(33)47-52-44-36)24-13-15-25(16-14-24)41-42-30-8-3-4-11-35(30)50-41/h1-22H. The fourth-order valence-corrected chi connectivity index (χ4v) is 9.69. The Labute approximate surface area is 318 Å². The van der Waals surface area contributed by atoms with Crippen LogP contribution in [0.1, 0.15) is 0 Å². The lowest BCUT2D eigenvalue weighted by Crippen LogP contribution is -2.12. The molecule has 250 valence electrons. The summed E-state index contributed by atoms with van der Waals surface area (Å²) in [6.45, 7) is 0. The molecule has 7 aromatic carbocycles. The third-order valence-electron chi connectivity index (χ3n) is 9.57. The van der Waals surface area contributed by atoms with Crippen molar-refractivity contribution in [1.82, 2.24) is 31.2 Å². The molecule has 53 heavy (non-hydrogen) atoms. The van der Waals surface area contributed by atoms with Crippen molar-refractivity contribution in [2.75, 3.05) is 4.90 Å². The van der Waals surface area contributed by atoms with Gasteiger partial charge >= 0.3 is 0 Å². The lowest BCUT2D eigenvalue weighted by Gasteiger charge is -2.26. The highest BCUT2D eigenvalue weighted by Crippen LogP contribution is 2.46. The van der Waals surface area contributed by atoms with Gasteiger partial charge in [0.2, 0.25) is 0 Å². The summed E-state index contributed by atoms with van der Waals surface area (Å²) in [6.07, 6.45) is 0. The van der Waals surface area contributed by atoms with Gasteiger partial charge in [-0.3, -0.25) is 0 Å². The van der Waals surface area contributed by atoms with Crippen LogP contribution in [0.4, 0.5) is 17.1 Å². The molecule has 0 radical (unpaired) electrons. The van der Waals surface area contributed by atoms with Crippen molar-refractivity contribution in [3.05, 3.63) is 133 Å². The molecule has 0 N–H and O–H groups in total. The number of rotatable bonds is 6. The number of benzene rings is 7. The van der Waals surface area contributed by atoms with Crippen LogP contribution in [0, 0.1) is 0 Å². The van der Waals surface area contributed by atoms with E-state index in [2.05, 4.69) is 125 Å². The van der Waals surface area contributed by atoms with Gasteiger partial charge in [-0.2, -0.15) is 26.2 Å². The number of nitrogens with zero attached hydrogens (tertiary/aromatic N) is 8. The number of hydrogen-bond acceptors (Lipinski definition) is 12. The molecule has 0 spiro atoms. The fourth-order valence-electron chi connectivity index (χ4n) is 7.04. The van der Waals surface area contributed by atoms with Gasteiger partial charge < -0.3 is 4.90 Å². The molecule has 8 nitrogen and oxygen atoms in total. The fraction of sp³-hybridized carbons (Fsp3) is 0. The first-order valence-corrected chi connectivity index (χ1v) is 19.8. The van der Waals surface area contributed by atoms with Crippen LogP contribution in [0.3, 0.4) is 0 Å². The summed E-state index contributed by atoms with van der Waals surface area (Å²) in [5, 5.41) is 3.38. The van der Waals surface area contributed by atoms with Crippen LogP contribution in [-0.2, 0) is 0 Å². The molecule has 0 bridgehead atoms. The van der Waals surface area contributed by atoms with Crippen molar-refractivity contribution >= 4 is 118 Å². The van der Waals surface area contributed by atoms with Crippen LogP contribution >= 0.6 is 46.5 Å². The van der Waals surface area contributed by atoms with E-state index in [1.807, 2.05) is 18.2 Å². The van der Waals surface area contributed by atoms with E-state index in [4.69, 9.17) is 26.9 Å². The van der Waals surface area contributed by atoms with Crippen molar-refractivity contribution < 1.29 is 0 Å². The molecular weight excluding hydrogens is 733 g/mol. The van der Waals surface area contributed by atoms with Gasteiger partial charge in [0.15, 0.2) is 0 Å². The number of para-hydroxylation sites is 1. The molecule has 0 saturated carbocycles. The van der Waals surface area contributed by atoms with E-state index >= 15 is 0 Å². The Bertz CT molecular complexity index is 3130. The Balaban J connectivity index is 1.06. The molecule has 4 aromatic heterocycles. The van der Waals surface area contributed by atoms with Crippen LogP contribution in [0.25, 0.3) is 86.9 Å². The zero-order valence-corrected chi connectivity index (χ0v) is 30.7. The van der Waals surface area contributed by atoms with Crippen LogP contribution in [0.2, 0.25) is 0 Å². The average molecular weight is 755 g/mol. The molecular formula is C41H22N8S4. The van der Waals surface area contributed by atoms with Gasteiger partial charge in [0, 0.05) is 16.7 Å². The molecule has 0 fully saturated rings. The maximum Gasteiger partial charge on any atom is 0.129 e. The van der Waals surface area contributed by atoms with Gasteiger partial charge in [-0.15, -0.1) is 11.3 Å². The highest BCUT2D eigenvalue weighted by molar-refractivity contribution is 7.21. The first kappa shape index (κ1) is 30.6. The Kier molecular flexibility index (Phi) is 7.08. The van der Waals surface area contributed by atoms with Crippen LogP contribution in [-0.4, -0.2) is 31.2 Å². The topological polar surface area (TPSA) is 93.5 Å². The largest absolute Gasteiger partial charge is 0.304 e. The third kappa shape index (κ3) is 5.02. The van der Waals surface area contributed by atoms with Gasteiger partial charge in [-0.05, 0) is 76.5 Å². The number of hydrogen-bond donors (Lipinski definition) is 0. The first-order chi connectivity index (χ1) is 26.3. The number of fused-ring (bicyclic) bond motifs is 5. The predicted octanol–water partition coefficient (Wildman–Crippen LogP) is 11.9. The number of aromatic nitrogens is 7. The molecule has 0 unspecified atom stereocenters. The Morgan fingerprint density at radius 2 is 0.981 bits per heavy atom. The summed E-state index contributed by atoms with van der Waals surface area (Å²) in [6, 6.07) is 46.4. The van der Waals surface area contributed by atoms with Gasteiger partial charge in [0.25, 0.3) is 0 Å². The van der Waals surface area contributed by atoms with E-state index in [9.17, 15) is 0 Å². The summed E-state index contributed by atoms with van der Waals surface area (Å²) in [5.41, 5.74) is 13.8. The molecule has 4 heterocycles. The lowest BCUT2D eigenvalue weighted by molar-refractivity contribution is 1.31. The van der Waals surface area contributed by atoms with Crippen molar-refractivity contribution in [3.63, 3.8) is 0 Å². The molecule has 11 rings (SSSR count). The monoisotopic (exact) mass is 754 g/mol. The van der Waals surface area contributed by atoms with Gasteiger partial charge in [-0.1, -0.05) is 78.9 Å². The van der Waals surface area contributed by atoms with Crippen LogP contribution in [0.5, 0.6) is 0 Å². The summed E-state index contributed by atoms with van der Waals surface area (Å²) in [4.78, 5) is 7.06. The number of anilines is 3. The molecule has 0 aliphatic rings. The van der Waals surface area contributed by atoms with E-state index in [0.29, 0.717) is 0 Å². The Hall–Kier alpha value is -6.05. The minimum Gasteiger partial charge on any atom is -0.304 e. The first-order valence-electron chi connectivity index (χ1n) is 16.7. The molecule has 0 atom stereocenters. The second-order valence-corrected chi connectivity index (χ2v) is 15.2. The van der Waals surface area contributed by atoms with Gasteiger partial charge in [0.05, 0.1) is 62.5 Å². The molecule has 0 aliphatic carbocycles. The van der Waals surface area contributed by atoms with E-state index in [1.54, 1.807) is 11.3 Å². The summed E-state index contributed by atoms with van der Waals surface area (Å²) < 4.78 is 30.0. The van der Waals surface area contributed by atoms with Crippen molar-refractivity contribution in [2.45, 2.75) is 0 Å². The van der Waals surface area contributed by atoms with Gasteiger partial charge in [0.1, 0.15) is 38.1 Å². The zero-order valence-electron chi connectivity index (χ0n) is 27.4. The lowest BCUT2D eigenvalue weighted by atomic mass is 9.98. The highest BCUT2D eigenvalue weighted by atomic mass is 32.1. The quantitative estimate of drug-likeness (QED) is 0.166. The minimum absolute atomic E-state index is 0.790. The third-order valence-corrected chi connectivity index (χ3v) is 12.3. The summed E-state index contributed by atoms with van der Waals surface area (Å²) in [7, 11) is 0. The molecule has 12 heteroatoms. The second-order valence-electron chi connectivity index (χ2n) is 12.6. The Morgan fingerprint density at radius 1 is 0.396 bits per heavy atom. The molecule has 0 amide bonds. The normalized spacial score (nSPS) is 11.8. The molecule has 0 saturated heterocycles. The number of thiazole rings is 1. The summed E-state index contributed by atoms with van der Waals surface area (Å²) in [5.74, 6) is 0.